The predicted molar refractivity (Wildman–Crippen MR) is 89.4 cm³/mol. The highest BCUT2D eigenvalue weighted by atomic mass is 16.5. The maximum atomic E-state index is 5.77. The fourth-order valence-electron chi connectivity index (χ4n) is 2.21. The number of hydrogen-bond acceptors (Lipinski definition) is 5. The van der Waals surface area contributed by atoms with Crippen molar-refractivity contribution in [2.24, 2.45) is 0 Å². The Balaban J connectivity index is 1.82. The first kappa shape index (κ1) is 15.0. The SMILES string of the molecule is CCOc1ccccc1Nc1ncc(-c2cccc(OC)c2)o1. The first-order chi connectivity index (χ1) is 11.3. The van der Waals surface area contributed by atoms with E-state index in [1.807, 2.05) is 55.5 Å². The molecule has 0 aliphatic heterocycles. The molecule has 2 aromatic carbocycles. The molecule has 0 bridgehead atoms. The molecule has 0 aliphatic rings. The molecule has 3 rings (SSSR count). The number of methoxy groups -OCH3 is 1. The number of benzene rings is 2. The second-order valence-electron chi connectivity index (χ2n) is 4.82. The molecule has 0 saturated heterocycles. The summed E-state index contributed by atoms with van der Waals surface area (Å²) in [5.74, 6) is 2.20. The van der Waals surface area contributed by atoms with E-state index in [9.17, 15) is 0 Å². The molecule has 5 nitrogen and oxygen atoms in total. The first-order valence-electron chi connectivity index (χ1n) is 7.39. The molecule has 0 atom stereocenters. The van der Waals surface area contributed by atoms with Gasteiger partial charge in [0, 0.05) is 5.56 Å². The Bertz CT molecular complexity index is 783. The van der Waals surface area contributed by atoms with Crippen LogP contribution in [0.4, 0.5) is 11.7 Å². The van der Waals surface area contributed by atoms with E-state index in [0.717, 1.165) is 22.7 Å². The first-order valence-corrected chi connectivity index (χ1v) is 7.39. The van der Waals surface area contributed by atoms with Gasteiger partial charge in [-0.15, -0.1) is 0 Å². The fourth-order valence-corrected chi connectivity index (χ4v) is 2.21. The van der Waals surface area contributed by atoms with Gasteiger partial charge in [-0.2, -0.15) is 0 Å². The van der Waals surface area contributed by atoms with E-state index in [-0.39, 0.29) is 0 Å². The number of ether oxygens (including phenoxy) is 2. The molecule has 23 heavy (non-hydrogen) atoms. The quantitative estimate of drug-likeness (QED) is 0.727. The van der Waals surface area contributed by atoms with Gasteiger partial charge < -0.3 is 19.2 Å². The number of oxazole rings is 1. The zero-order chi connectivity index (χ0) is 16.1. The van der Waals surface area contributed by atoms with E-state index < -0.39 is 0 Å². The Morgan fingerprint density at radius 1 is 1.13 bits per heavy atom. The number of rotatable bonds is 6. The van der Waals surface area contributed by atoms with Gasteiger partial charge in [-0.25, -0.2) is 4.98 Å². The van der Waals surface area contributed by atoms with Gasteiger partial charge in [-0.3, -0.25) is 0 Å². The minimum atomic E-state index is 0.412. The Morgan fingerprint density at radius 3 is 2.83 bits per heavy atom. The van der Waals surface area contributed by atoms with Crippen molar-refractivity contribution in [2.45, 2.75) is 6.92 Å². The average molecular weight is 310 g/mol. The summed E-state index contributed by atoms with van der Waals surface area (Å²) in [5.41, 5.74) is 1.72. The van der Waals surface area contributed by atoms with Crippen LogP contribution in [-0.2, 0) is 0 Å². The molecule has 118 valence electrons. The fraction of sp³-hybridized carbons (Fsp3) is 0.167. The number of hydrogen-bond donors (Lipinski definition) is 1. The Labute approximate surface area is 134 Å². The zero-order valence-corrected chi connectivity index (χ0v) is 13.1. The van der Waals surface area contributed by atoms with E-state index in [0.29, 0.717) is 18.4 Å². The summed E-state index contributed by atoms with van der Waals surface area (Å²) in [5, 5.41) is 3.14. The van der Waals surface area contributed by atoms with Crippen LogP contribution >= 0.6 is 0 Å². The van der Waals surface area contributed by atoms with Crippen LogP contribution in [0.3, 0.4) is 0 Å². The molecule has 0 spiro atoms. The van der Waals surface area contributed by atoms with Crippen LogP contribution in [0, 0.1) is 0 Å². The van der Waals surface area contributed by atoms with Crippen molar-refractivity contribution in [2.75, 3.05) is 19.0 Å². The smallest absolute Gasteiger partial charge is 0.299 e. The van der Waals surface area contributed by atoms with Crippen LogP contribution in [0.5, 0.6) is 11.5 Å². The van der Waals surface area contributed by atoms with Crippen molar-refractivity contribution < 1.29 is 13.9 Å². The van der Waals surface area contributed by atoms with Crippen LogP contribution in [0.25, 0.3) is 11.3 Å². The Hall–Kier alpha value is -2.95. The molecule has 1 N–H and O–H groups in total. The second-order valence-corrected chi connectivity index (χ2v) is 4.82. The van der Waals surface area contributed by atoms with Gasteiger partial charge in [0.2, 0.25) is 0 Å². The van der Waals surface area contributed by atoms with E-state index in [1.54, 1.807) is 13.3 Å². The van der Waals surface area contributed by atoms with Crippen molar-refractivity contribution in [3.8, 4) is 22.8 Å². The number of anilines is 2. The summed E-state index contributed by atoms with van der Waals surface area (Å²) < 4.78 is 16.6. The molecular formula is C18H18N2O3. The number of para-hydroxylation sites is 2. The number of aromatic nitrogens is 1. The van der Waals surface area contributed by atoms with Crippen molar-refractivity contribution in [1.82, 2.24) is 4.98 Å². The van der Waals surface area contributed by atoms with Crippen molar-refractivity contribution >= 4 is 11.7 Å². The lowest BCUT2D eigenvalue weighted by Crippen LogP contribution is -1.97. The van der Waals surface area contributed by atoms with Crippen LogP contribution in [0.1, 0.15) is 6.92 Å². The summed E-state index contributed by atoms with van der Waals surface area (Å²) in [6.07, 6.45) is 1.68. The average Bonchev–Trinajstić information content (AvgIpc) is 3.05. The lowest BCUT2D eigenvalue weighted by atomic mass is 10.2. The topological polar surface area (TPSA) is 56.5 Å². The van der Waals surface area contributed by atoms with Crippen LogP contribution < -0.4 is 14.8 Å². The third-order valence-corrected chi connectivity index (χ3v) is 3.29. The van der Waals surface area contributed by atoms with E-state index >= 15 is 0 Å². The molecule has 0 fully saturated rings. The molecule has 0 amide bonds. The van der Waals surface area contributed by atoms with Crippen LogP contribution in [0.2, 0.25) is 0 Å². The van der Waals surface area contributed by atoms with Crippen LogP contribution in [0.15, 0.2) is 59.1 Å². The van der Waals surface area contributed by atoms with Gasteiger partial charge in [0.1, 0.15) is 11.5 Å². The highest BCUT2D eigenvalue weighted by Gasteiger charge is 2.09. The van der Waals surface area contributed by atoms with Gasteiger partial charge in [0.25, 0.3) is 6.01 Å². The lowest BCUT2D eigenvalue weighted by molar-refractivity contribution is 0.342. The highest BCUT2D eigenvalue weighted by molar-refractivity contribution is 5.64. The standard InChI is InChI=1S/C18H18N2O3/c1-3-22-16-10-5-4-9-15(16)20-18-19-12-17(23-18)13-7-6-8-14(11-13)21-2/h4-12H,3H2,1-2H3,(H,19,20). The van der Waals surface area contributed by atoms with Gasteiger partial charge in [0.15, 0.2) is 5.76 Å². The molecular weight excluding hydrogens is 292 g/mol. The summed E-state index contributed by atoms with van der Waals surface area (Å²) in [4.78, 5) is 4.27. The van der Waals surface area contributed by atoms with Crippen LogP contribution in [-0.4, -0.2) is 18.7 Å². The Kier molecular flexibility index (Phi) is 4.47. The Morgan fingerprint density at radius 2 is 2.00 bits per heavy atom. The zero-order valence-electron chi connectivity index (χ0n) is 13.1. The van der Waals surface area contributed by atoms with Gasteiger partial charge in [0.05, 0.1) is 25.6 Å². The van der Waals surface area contributed by atoms with Gasteiger partial charge in [-0.05, 0) is 31.2 Å². The van der Waals surface area contributed by atoms with E-state index in [2.05, 4.69) is 10.3 Å². The lowest BCUT2D eigenvalue weighted by Gasteiger charge is -2.09. The minimum absolute atomic E-state index is 0.412. The molecule has 5 heteroatoms. The summed E-state index contributed by atoms with van der Waals surface area (Å²) >= 11 is 0. The molecule has 3 aromatic rings. The minimum Gasteiger partial charge on any atom is -0.497 e. The van der Waals surface area contributed by atoms with Gasteiger partial charge >= 0.3 is 0 Å². The summed E-state index contributed by atoms with van der Waals surface area (Å²) in [6, 6.07) is 15.7. The molecule has 0 radical (unpaired) electrons. The third-order valence-electron chi connectivity index (χ3n) is 3.29. The van der Waals surface area contributed by atoms with Gasteiger partial charge in [-0.1, -0.05) is 24.3 Å². The third kappa shape index (κ3) is 3.45. The highest BCUT2D eigenvalue weighted by Crippen LogP contribution is 2.30. The molecule has 1 aromatic heterocycles. The summed E-state index contributed by atoms with van der Waals surface area (Å²) in [7, 11) is 1.64. The molecule has 0 unspecified atom stereocenters. The molecule has 1 heterocycles. The molecule has 0 saturated carbocycles. The molecule has 0 aliphatic carbocycles. The van der Waals surface area contributed by atoms with E-state index in [4.69, 9.17) is 13.9 Å². The van der Waals surface area contributed by atoms with Crippen molar-refractivity contribution in [3.05, 3.63) is 54.7 Å². The normalized spacial score (nSPS) is 10.3. The maximum Gasteiger partial charge on any atom is 0.299 e. The number of nitrogens with one attached hydrogen (secondary N) is 1. The van der Waals surface area contributed by atoms with Crippen molar-refractivity contribution in [1.29, 1.82) is 0 Å². The monoisotopic (exact) mass is 310 g/mol. The number of nitrogens with zero attached hydrogens (tertiary/aromatic N) is 1. The largest absolute Gasteiger partial charge is 0.497 e. The summed E-state index contributed by atoms with van der Waals surface area (Å²) in [6.45, 7) is 2.54. The van der Waals surface area contributed by atoms with E-state index in [1.165, 1.54) is 0 Å². The second kappa shape index (κ2) is 6.87. The maximum absolute atomic E-state index is 5.77. The van der Waals surface area contributed by atoms with Crippen molar-refractivity contribution in [3.63, 3.8) is 0 Å². The predicted octanol–water partition coefficient (Wildman–Crippen LogP) is 4.49.